The highest BCUT2D eigenvalue weighted by molar-refractivity contribution is 6.09. The van der Waals surface area contributed by atoms with Crippen LogP contribution in [-0.4, -0.2) is 72.7 Å². The van der Waals surface area contributed by atoms with Gasteiger partial charge in [-0.2, -0.15) is 0 Å². The third kappa shape index (κ3) is 5.06. The van der Waals surface area contributed by atoms with E-state index in [1.165, 1.54) is 0 Å². The topological polar surface area (TPSA) is 94.3 Å². The van der Waals surface area contributed by atoms with E-state index >= 15 is 0 Å². The number of hydrogen-bond donors (Lipinski definition) is 0. The second kappa shape index (κ2) is 10.5. The fourth-order valence-corrected chi connectivity index (χ4v) is 4.31. The Morgan fingerprint density at radius 1 is 1.06 bits per heavy atom. The standard InChI is InChI=1S/C25H27N3O6.ClH/c1-3-31-25(30)28-8-6-27(7-9-28)15-18-14-26-16(2)24-19(18)13-22(34-24)23(29)17-4-5-20-21(12-17)33-11-10-32-20;/h4-5,12-14H,3,6-11,15H2,1-2H3;1H. The van der Waals surface area contributed by atoms with Crippen LogP contribution in [0.25, 0.3) is 11.0 Å². The maximum Gasteiger partial charge on any atom is 0.409 e. The molecule has 0 saturated carbocycles. The molecular formula is C25H28ClN3O6. The number of furan rings is 1. The SMILES string of the molecule is CCOC(=O)N1CCN(Cc2cnc(C)c3oc(C(=O)c4ccc5c(c4)OCCO5)cc23)CC1.Cl. The van der Waals surface area contributed by atoms with E-state index in [0.29, 0.717) is 62.1 Å². The van der Waals surface area contributed by atoms with E-state index in [1.807, 2.05) is 20.0 Å². The van der Waals surface area contributed by atoms with E-state index in [-0.39, 0.29) is 30.0 Å². The highest BCUT2D eigenvalue weighted by Gasteiger charge is 2.24. The summed E-state index contributed by atoms with van der Waals surface area (Å²) >= 11 is 0. The molecule has 186 valence electrons. The lowest BCUT2D eigenvalue weighted by Gasteiger charge is -2.34. The summed E-state index contributed by atoms with van der Waals surface area (Å²) in [5, 5.41) is 0.876. The number of rotatable bonds is 5. The molecule has 1 fully saturated rings. The molecule has 0 radical (unpaired) electrons. The van der Waals surface area contributed by atoms with Crippen molar-refractivity contribution in [1.82, 2.24) is 14.8 Å². The second-order valence-electron chi connectivity index (χ2n) is 8.37. The van der Waals surface area contributed by atoms with Crippen molar-refractivity contribution in [3.8, 4) is 11.5 Å². The molecule has 3 aromatic rings. The quantitative estimate of drug-likeness (QED) is 0.487. The first kappa shape index (κ1) is 24.8. The van der Waals surface area contributed by atoms with Gasteiger partial charge in [0.15, 0.2) is 22.8 Å². The summed E-state index contributed by atoms with van der Waals surface area (Å²) < 4.78 is 22.2. The van der Waals surface area contributed by atoms with Gasteiger partial charge in [0.25, 0.3) is 0 Å². The first-order valence-electron chi connectivity index (χ1n) is 11.5. The molecule has 1 aromatic carbocycles. The molecule has 4 heterocycles. The van der Waals surface area contributed by atoms with Gasteiger partial charge in [-0.05, 0) is 43.7 Å². The molecule has 2 aliphatic heterocycles. The molecular weight excluding hydrogens is 474 g/mol. The number of amides is 1. The Kier molecular flexibility index (Phi) is 7.47. The van der Waals surface area contributed by atoms with Crippen molar-refractivity contribution in [3.63, 3.8) is 0 Å². The lowest BCUT2D eigenvalue weighted by atomic mass is 10.1. The third-order valence-electron chi connectivity index (χ3n) is 6.14. The van der Waals surface area contributed by atoms with Crippen LogP contribution < -0.4 is 9.47 Å². The molecule has 0 aliphatic carbocycles. The van der Waals surface area contributed by atoms with E-state index in [9.17, 15) is 9.59 Å². The molecule has 2 aliphatic rings. The van der Waals surface area contributed by atoms with Gasteiger partial charge in [-0.15, -0.1) is 12.4 Å². The number of carbonyl (C=O) groups excluding carboxylic acids is 2. The second-order valence-corrected chi connectivity index (χ2v) is 8.37. The Labute approximate surface area is 209 Å². The first-order chi connectivity index (χ1) is 16.5. The van der Waals surface area contributed by atoms with Gasteiger partial charge in [0.2, 0.25) is 5.78 Å². The average Bonchev–Trinajstić information content (AvgIpc) is 3.32. The number of pyridine rings is 1. The van der Waals surface area contributed by atoms with Crippen molar-refractivity contribution in [2.75, 3.05) is 46.0 Å². The summed E-state index contributed by atoms with van der Waals surface area (Å²) in [5.74, 6) is 1.24. The zero-order chi connectivity index (χ0) is 23.7. The Morgan fingerprint density at radius 2 is 1.80 bits per heavy atom. The summed E-state index contributed by atoms with van der Waals surface area (Å²) in [6, 6.07) is 6.96. The zero-order valence-corrected chi connectivity index (χ0v) is 20.6. The van der Waals surface area contributed by atoms with Gasteiger partial charge < -0.3 is 23.5 Å². The molecule has 0 spiro atoms. The van der Waals surface area contributed by atoms with E-state index in [0.717, 1.165) is 29.7 Å². The van der Waals surface area contributed by atoms with Gasteiger partial charge in [-0.25, -0.2) is 4.79 Å². The normalized spacial score (nSPS) is 15.5. The third-order valence-corrected chi connectivity index (χ3v) is 6.14. The minimum absolute atomic E-state index is 0. The number of aromatic nitrogens is 1. The average molecular weight is 502 g/mol. The Morgan fingerprint density at radius 3 is 2.54 bits per heavy atom. The summed E-state index contributed by atoms with van der Waals surface area (Å²) in [4.78, 5) is 33.6. The summed E-state index contributed by atoms with van der Waals surface area (Å²) in [7, 11) is 0. The van der Waals surface area contributed by atoms with Crippen molar-refractivity contribution in [3.05, 3.63) is 53.0 Å². The number of hydrogen-bond acceptors (Lipinski definition) is 8. The molecule has 0 atom stereocenters. The fourth-order valence-electron chi connectivity index (χ4n) is 4.31. The predicted octanol–water partition coefficient (Wildman–Crippen LogP) is 3.83. The van der Waals surface area contributed by atoms with Crippen LogP contribution in [0.1, 0.15) is 34.3 Å². The van der Waals surface area contributed by atoms with Crippen LogP contribution >= 0.6 is 12.4 Å². The van der Waals surface area contributed by atoms with Gasteiger partial charge in [-0.3, -0.25) is 14.7 Å². The highest BCUT2D eigenvalue weighted by atomic mass is 35.5. The molecule has 1 amide bonds. The van der Waals surface area contributed by atoms with E-state index in [2.05, 4.69) is 9.88 Å². The maximum atomic E-state index is 13.2. The molecule has 35 heavy (non-hydrogen) atoms. The van der Waals surface area contributed by atoms with E-state index in [1.54, 1.807) is 29.2 Å². The highest BCUT2D eigenvalue weighted by Crippen LogP contribution is 2.33. The number of ketones is 1. The largest absolute Gasteiger partial charge is 0.486 e. The van der Waals surface area contributed by atoms with Crippen molar-refractivity contribution in [2.45, 2.75) is 20.4 Å². The van der Waals surface area contributed by atoms with Crippen molar-refractivity contribution in [1.29, 1.82) is 0 Å². The van der Waals surface area contributed by atoms with E-state index in [4.69, 9.17) is 18.6 Å². The predicted molar refractivity (Wildman–Crippen MR) is 131 cm³/mol. The number of nitrogens with zero attached hydrogens (tertiary/aromatic N) is 3. The van der Waals surface area contributed by atoms with Crippen molar-refractivity contribution < 1.29 is 28.2 Å². The summed E-state index contributed by atoms with van der Waals surface area (Å²) in [6.45, 7) is 8.34. The van der Waals surface area contributed by atoms with Gasteiger partial charge in [0.1, 0.15) is 13.2 Å². The molecule has 0 N–H and O–H groups in total. The number of piperazine rings is 1. The molecule has 5 rings (SSSR count). The van der Waals surface area contributed by atoms with Crippen LogP contribution in [0.4, 0.5) is 4.79 Å². The van der Waals surface area contributed by atoms with Crippen LogP contribution in [0.5, 0.6) is 11.5 Å². The van der Waals surface area contributed by atoms with Gasteiger partial charge >= 0.3 is 6.09 Å². The van der Waals surface area contributed by atoms with Gasteiger partial charge in [0.05, 0.1) is 12.3 Å². The number of fused-ring (bicyclic) bond motifs is 2. The minimum atomic E-state index is -0.265. The number of ether oxygens (including phenoxy) is 3. The molecule has 0 unspecified atom stereocenters. The summed E-state index contributed by atoms with van der Waals surface area (Å²) in [5.41, 5.74) is 2.80. The van der Waals surface area contributed by atoms with Crippen LogP contribution in [0, 0.1) is 6.92 Å². The maximum absolute atomic E-state index is 13.2. The Hall–Kier alpha value is -3.30. The number of halogens is 1. The van der Waals surface area contributed by atoms with Crippen LogP contribution in [-0.2, 0) is 11.3 Å². The molecule has 0 bridgehead atoms. The smallest absolute Gasteiger partial charge is 0.409 e. The first-order valence-corrected chi connectivity index (χ1v) is 11.5. The van der Waals surface area contributed by atoms with Gasteiger partial charge in [-0.1, -0.05) is 0 Å². The molecule has 10 heteroatoms. The number of aryl methyl sites for hydroxylation is 1. The molecule has 9 nitrogen and oxygen atoms in total. The van der Waals surface area contributed by atoms with Crippen molar-refractivity contribution >= 4 is 35.3 Å². The van der Waals surface area contributed by atoms with Gasteiger partial charge in [0, 0.05) is 49.9 Å². The fraction of sp³-hybridized carbons (Fsp3) is 0.400. The molecule has 1 saturated heterocycles. The summed E-state index contributed by atoms with van der Waals surface area (Å²) in [6.07, 6.45) is 1.57. The minimum Gasteiger partial charge on any atom is -0.486 e. The number of carbonyl (C=O) groups is 2. The number of benzene rings is 1. The van der Waals surface area contributed by atoms with E-state index < -0.39 is 0 Å². The Bertz CT molecular complexity index is 1240. The zero-order valence-electron chi connectivity index (χ0n) is 19.7. The van der Waals surface area contributed by atoms with Crippen molar-refractivity contribution in [2.24, 2.45) is 0 Å². The molecule has 2 aromatic heterocycles. The lowest BCUT2D eigenvalue weighted by Crippen LogP contribution is -2.48. The Balaban J connectivity index is 0.00000289. The van der Waals surface area contributed by atoms with Crippen LogP contribution in [0.15, 0.2) is 34.9 Å². The van der Waals surface area contributed by atoms with Crippen LogP contribution in [0.3, 0.4) is 0 Å². The lowest BCUT2D eigenvalue weighted by molar-refractivity contribution is 0.0779. The monoisotopic (exact) mass is 501 g/mol. The van der Waals surface area contributed by atoms with Crippen LogP contribution in [0.2, 0.25) is 0 Å².